The number of anilines is 1. The van der Waals surface area contributed by atoms with E-state index in [-0.39, 0.29) is 106 Å². The van der Waals surface area contributed by atoms with Gasteiger partial charge in [0.2, 0.25) is 5.95 Å². The fourth-order valence-corrected chi connectivity index (χ4v) is 7.18. The van der Waals surface area contributed by atoms with Crippen molar-refractivity contribution in [2.75, 3.05) is 18.2 Å². The van der Waals surface area contributed by atoms with Crippen LogP contribution in [-0.2, 0) is 27.3 Å². The monoisotopic (exact) mass is 590 g/mol. The number of aliphatic hydroxyl groups excluding tert-OH is 2. The molecule has 1 aliphatic rings. The Morgan fingerprint density at radius 2 is 1.71 bits per heavy atom. The molecule has 0 bridgehead atoms. The number of aliphatic hydroxyl groups is 2. The molecule has 0 spiro atoms. The Labute approximate surface area is 262 Å². The Bertz CT molecular complexity index is 1220. The summed E-state index contributed by atoms with van der Waals surface area (Å²) in [4.78, 5) is 58.1. The zero-order chi connectivity index (χ0) is 24.1. The first-order valence-corrected chi connectivity index (χ1v) is 13.4. The van der Waals surface area contributed by atoms with Gasteiger partial charge in [-0.2, -0.15) is 4.98 Å². The predicted octanol–water partition coefficient (Wildman–Crippen LogP) is -3.37. The van der Waals surface area contributed by atoms with E-state index in [9.17, 15) is 38.5 Å². The summed E-state index contributed by atoms with van der Waals surface area (Å²) >= 11 is 0. The van der Waals surface area contributed by atoms with Gasteiger partial charge < -0.3 is 40.3 Å². The minimum atomic E-state index is -5.35. The third-order valence-electron chi connectivity index (χ3n) is 4.06. The van der Waals surface area contributed by atoms with E-state index >= 15 is 0 Å². The molecular weight excluding hydrogens is 572 g/mol. The molecule has 2 unspecified atom stereocenters. The quantitative estimate of drug-likeness (QED) is 0.110. The molecule has 18 nitrogen and oxygen atoms in total. The van der Waals surface area contributed by atoms with Gasteiger partial charge in [-0.05, 0) is 0 Å². The Morgan fingerprint density at radius 1 is 1.11 bits per heavy atom. The van der Waals surface area contributed by atoms with E-state index < -0.39 is 65.6 Å². The van der Waals surface area contributed by atoms with E-state index in [4.69, 9.17) is 20.3 Å². The maximum Gasteiger partial charge on any atom is 0.479 e. The predicted molar refractivity (Wildman–Crippen MR) is 119 cm³/mol. The number of phosphoric ester groups is 1. The van der Waals surface area contributed by atoms with E-state index in [2.05, 4.69) is 23.8 Å². The van der Waals surface area contributed by atoms with E-state index in [1.807, 2.05) is 0 Å². The number of hydrogen-bond acceptors (Lipinski definition) is 12. The molecule has 0 aromatic carbocycles. The number of imidazole rings is 1. The van der Waals surface area contributed by atoms with Crippen molar-refractivity contribution in [3.05, 3.63) is 16.7 Å². The Kier molecular flexibility index (Phi) is 14.3. The average Bonchev–Trinajstić information content (AvgIpc) is 3.12. The number of H-pyrrole nitrogens is 1. The summed E-state index contributed by atoms with van der Waals surface area (Å²) < 4.78 is 49.1. The summed E-state index contributed by atoms with van der Waals surface area (Å²) in [6.07, 6.45) is -5.19. The van der Waals surface area contributed by atoms with Crippen LogP contribution in [-0.4, -0.2) is 169 Å². The van der Waals surface area contributed by atoms with Gasteiger partial charge in [0.1, 0.15) is 18.3 Å². The number of aromatic nitrogens is 4. The zero-order valence-electron chi connectivity index (χ0n) is 18.6. The number of ether oxygens (including phenoxy) is 1. The maximum absolute atomic E-state index is 11.9. The van der Waals surface area contributed by atoms with Crippen LogP contribution in [0.1, 0.15) is 6.23 Å². The van der Waals surface area contributed by atoms with Crippen LogP contribution in [0.15, 0.2) is 11.1 Å². The number of rotatable bonds is 8. The van der Waals surface area contributed by atoms with Crippen LogP contribution < -0.4 is 11.3 Å². The van der Waals surface area contributed by atoms with Gasteiger partial charge in [-0.25, -0.2) is 13.9 Å². The molecule has 0 amide bonds. The topological polar surface area (TPSA) is 290 Å². The van der Waals surface area contributed by atoms with Crippen LogP contribution in [0.3, 0.4) is 0 Å². The summed E-state index contributed by atoms with van der Waals surface area (Å²) in [5.41, 5.74) is 4.55. The first kappa shape index (κ1) is 36.5. The Hall–Kier alpha value is 1.48. The van der Waals surface area contributed by atoms with Gasteiger partial charge in [0.15, 0.2) is 23.3 Å². The molecule has 2 aromatic rings. The molecule has 1 aliphatic heterocycles. The van der Waals surface area contributed by atoms with Crippen molar-refractivity contribution in [2.45, 2.75) is 24.5 Å². The van der Waals surface area contributed by atoms with Gasteiger partial charge in [0.05, 0.1) is 12.9 Å². The van der Waals surface area contributed by atoms with Gasteiger partial charge >= 0.3 is 23.0 Å². The van der Waals surface area contributed by atoms with Crippen molar-refractivity contribution < 1.29 is 57.1 Å². The van der Waals surface area contributed by atoms with Gasteiger partial charge in [0.25, 0.3) is 5.56 Å². The molecule has 1 fully saturated rings. The zero-order valence-corrected chi connectivity index (χ0v) is 27.3. The van der Waals surface area contributed by atoms with E-state index in [0.717, 1.165) is 10.9 Å². The second-order valence-electron chi connectivity index (χ2n) is 6.61. The van der Waals surface area contributed by atoms with Crippen molar-refractivity contribution in [3.8, 4) is 0 Å². The molecule has 6 atom stereocenters. The molecule has 3 rings (SSSR count). The van der Waals surface area contributed by atoms with Crippen LogP contribution in [0.4, 0.5) is 5.95 Å². The number of fused-ring (bicyclic) bond motifs is 1. The standard InChI is InChI=1S/C11H18N5O13P3.3Na/c12-11-14-8-5(9(19)15-11)13-2-16(8)10-7(18)6(17)4(28-10)1-27-32(25,26)29-31(23,24)3-30(20,21)22;;;/h2,4,6-7,10,17-18H,1,3H2,(H,23,24)(H,25,26)(H2,20,21,22)(H3,12,14,15,19);;;/t4-,6-,7-,10-;;;/m1.../s1. The molecule has 9 N–H and O–H groups in total. The number of aromatic amines is 1. The molecule has 35 heavy (non-hydrogen) atoms. The molecule has 24 heteroatoms. The smallest absolute Gasteiger partial charge is 0.387 e. The molecule has 3 heterocycles. The molecule has 1 saturated heterocycles. The molecular formula is C11H18N5Na3O13P3. The minimum Gasteiger partial charge on any atom is -0.387 e. The summed E-state index contributed by atoms with van der Waals surface area (Å²) in [7, 11) is -15.7. The van der Waals surface area contributed by atoms with Gasteiger partial charge in [-0.1, -0.05) is 0 Å². The second-order valence-corrected chi connectivity index (χ2v) is 12.2. The van der Waals surface area contributed by atoms with E-state index in [0.29, 0.717) is 0 Å². The molecule has 2 aromatic heterocycles. The fraction of sp³-hybridized carbons (Fsp3) is 0.545. The first-order valence-electron chi connectivity index (χ1n) is 8.37. The van der Waals surface area contributed by atoms with Crippen molar-refractivity contribution in [1.82, 2.24) is 19.5 Å². The minimum absolute atomic E-state index is 0. The van der Waals surface area contributed by atoms with Crippen LogP contribution in [0.5, 0.6) is 0 Å². The van der Waals surface area contributed by atoms with Crippen LogP contribution in [0, 0.1) is 0 Å². The number of nitrogens with one attached hydrogen (secondary N) is 1. The molecule has 0 aliphatic carbocycles. The van der Waals surface area contributed by atoms with E-state index in [1.54, 1.807) is 0 Å². The summed E-state index contributed by atoms with van der Waals surface area (Å²) in [5, 5.41) is 20.5. The van der Waals surface area contributed by atoms with Crippen LogP contribution in [0.25, 0.3) is 11.2 Å². The van der Waals surface area contributed by atoms with Gasteiger partial charge in [-0.15, -0.1) is 0 Å². The summed E-state index contributed by atoms with van der Waals surface area (Å²) in [6.45, 7) is -0.957. The Balaban J connectivity index is 0.00000385. The third kappa shape index (κ3) is 9.57. The van der Waals surface area contributed by atoms with E-state index in [1.165, 1.54) is 0 Å². The fourth-order valence-electron chi connectivity index (χ4n) is 2.84. The molecule has 183 valence electrons. The van der Waals surface area contributed by atoms with Crippen molar-refractivity contribution in [3.63, 3.8) is 0 Å². The first-order chi connectivity index (χ1) is 14.6. The summed E-state index contributed by atoms with van der Waals surface area (Å²) in [6, 6.07) is 0. The van der Waals surface area contributed by atoms with Gasteiger partial charge in [-0.3, -0.25) is 28.0 Å². The second kappa shape index (κ2) is 13.7. The number of nitrogens with zero attached hydrogens (tertiary/aromatic N) is 3. The number of phosphoric acid groups is 1. The van der Waals surface area contributed by atoms with Crippen molar-refractivity contribution in [2.24, 2.45) is 0 Å². The van der Waals surface area contributed by atoms with Crippen LogP contribution >= 0.6 is 23.0 Å². The molecule has 0 saturated carbocycles. The number of nitrogens with two attached hydrogens (primary N) is 1. The third-order valence-corrected chi connectivity index (χ3v) is 9.28. The maximum atomic E-state index is 11.9. The largest absolute Gasteiger partial charge is 0.479 e. The average molecular weight is 590 g/mol. The summed E-state index contributed by atoms with van der Waals surface area (Å²) in [5.74, 6) is -2.00. The van der Waals surface area contributed by atoms with Crippen molar-refractivity contribution in [1.29, 1.82) is 0 Å². The van der Waals surface area contributed by atoms with Crippen molar-refractivity contribution >= 4 is 129 Å². The van der Waals surface area contributed by atoms with Gasteiger partial charge in [0, 0.05) is 88.7 Å². The number of nitrogen functional groups attached to an aromatic ring is 1. The SMILES string of the molecule is Nc1nc2c(ncn2[C@@H]2O[C@H](COP(=O)(O)OP(=O)(O)CP(=O)(O)O)[C@@H](O)[C@H]2O)c(=O)[nH]1.[Na].[Na].[Na]. The number of hydrogen-bond donors (Lipinski definition) is 8. The molecule has 3 radical (unpaired) electrons. The van der Waals surface area contributed by atoms with Crippen LogP contribution in [0.2, 0.25) is 0 Å². The normalized spacial score (nSPS) is 25.5. The Morgan fingerprint density at radius 3 is 2.29 bits per heavy atom.